The van der Waals surface area contributed by atoms with Gasteiger partial charge in [0.1, 0.15) is 16.9 Å². The van der Waals surface area contributed by atoms with Gasteiger partial charge >= 0.3 is 0 Å². The van der Waals surface area contributed by atoms with Gasteiger partial charge in [-0.25, -0.2) is 18.4 Å². The number of hydrogen-bond acceptors (Lipinski definition) is 5. The minimum atomic E-state index is -3.69. The number of aromatic amines is 1. The summed E-state index contributed by atoms with van der Waals surface area (Å²) in [7, 11) is -3.69. The normalized spacial score (nSPS) is 15.1. The summed E-state index contributed by atoms with van der Waals surface area (Å²) in [5.74, 6) is -0.111. The topological polar surface area (TPSA) is 104 Å². The maximum Gasteiger partial charge on any atom is 0.253 e. The Morgan fingerprint density at radius 1 is 0.886 bits per heavy atom. The van der Waals surface area contributed by atoms with Gasteiger partial charge in [-0.3, -0.25) is 9.36 Å². The molecule has 9 nitrogen and oxygen atoms in total. The summed E-state index contributed by atoms with van der Waals surface area (Å²) in [6.07, 6.45) is 4.87. The molecule has 0 spiro atoms. The molecule has 0 saturated carbocycles. The number of fused-ring (bicyclic) bond motifs is 2. The third-order valence-electron chi connectivity index (χ3n) is 6.40. The van der Waals surface area contributed by atoms with Crippen molar-refractivity contribution in [3.8, 4) is 5.69 Å². The Hall–Kier alpha value is -4.02. The van der Waals surface area contributed by atoms with E-state index in [2.05, 4.69) is 15.0 Å². The lowest BCUT2D eigenvalue weighted by Gasteiger charge is -2.34. The van der Waals surface area contributed by atoms with Gasteiger partial charge in [-0.1, -0.05) is 12.1 Å². The van der Waals surface area contributed by atoms with Crippen molar-refractivity contribution in [1.82, 2.24) is 28.7 Å². The highest BCUT2D eigenvalue weighted by Crippen LogP contribution is 2.25. The zero-order valence-electron chi connectivity index (χ0n) is 18.7. The number of nitrogens with zero attached hydrogens (tertiary/aromatic N) is 5. The fourth-order valence-corrected chi connectivity index (χ4v) is 6.10. The van der Waals surface area contributed by atoms with Crippen molar-refractivity contribution in [1.29, 1.82) is 0 Å². The van der Waals surface area contributed by atoms with Crippen molar-refractivity contribution >= 4 is 38.0 Å². The molecule has 0 aliphatic carbocycles. The van der Waals surface area contributed by atoms with Crippen molar-refractivity contribution in [2.75, 3.05) is 26.2 Å². The van der Waals surface area contributed by atoms with E-state index in [9.17, 15) is 13.2 Å². The van der Waals surface area contributed by atoms with Crippen LogP contribution in [0.25, 0.3) is 27.8 Å². The number of carbonyl (C=O) groups excluding carboxylic acids is 1. The first-order valence-corrected chi connectivity index (χ1v) is 12.7. The van der Waals surface area contributed by atoms with Gasteiger partial charge < -0.3 is 9.88 Å². The molecule has 3 aromatic heterocycles. The predicted octanol–water partition coefficient (Wildman–Crippen LogP) is 3.05. The second-order valence-electron chi connectivity index (χ2n) is 8.40. The monoisotopic (exact) mass is 486 g/mol. The molecule has 4 heterocycles. The number of H-pyrrole nitrogens is 1. The molecule has 5 aromatic rings. The second-order valence-corrected chi connectivity index (χ2v) is 10.3. The van der Waals surface area contributed by atoms with Crippen LogP contribution >= 0.6 is 0 Å². The molecule has 35 heavy (non-hydrogen) atoms. The van der Waals surface area contributed by atoms with E-state index in [0.29, 0.717) is 29.7 Å². The van der Waals surface area contributed by atoms with Crippen LogP contribution < -0.4 is 0 Å². The van der Waals surface area contributed by atoms with Gasteiger partial charge in [0.05, 0.1) is 11.0 Å². The highest BCUT2D eigenvalue weighted by molar-refractivity contribution is 7.89. The van der Waals surface area contributed by atoms with Gasteiger partial charge in [0.25, 0.3) is 5.91 Å². The van der Waals surface area contributed by atoms with Crippen LogP contribution in [0, 0.1) is 0 Å². The molecule has 1 aliphatic heterocycles. The maximum absolute atomic E-state index is 13.2. The van der Waals surface area contributed by atoms with E-state index < -0.39 is 10.0 Å². The second kappa shape index (κ2) is 8.33. The van der Waals surface area contributed by atoms with Gasteiger partial charge in [-0.05, 0) is 48.5 Å². The third kappa shape index (κ3) is 3.67. The number of pyridine rings is 1. The highest BCUT2D eigenvalue weighted by atomic mass is 32.2. The fourth-order valence-electron chi connectivity index (χ4n) is 4.53. The smallest absolute Gasteiger partial charge is 0.253 e. The first-order valence-electron chi connectivity index (χ1n) is 11.3. The van der Waals surface area contributed by atoms with Gasteiger partial charge in [-0.2, -0.15) is 4.31 Å². The molecule has 176 valence electrons. The number of amides is 1. The molecule has 0 atom stereocenters. The Labute approximate surface area is 201 Å². The molecular weight excluding hydrogens is 464 g/mol. The largest absolute Gasteiger partial charge is 0.345 e. The lowest BCUT2D eigenvalue weighted by Crippen LogP contribution is -2.50. The van der Waals surface area contributed by atoms with E-state index in [-0.39, 0.29) is 23.9 Å². The summed E-state index contributed by atoms with van der Waals surface area (Å²) in [6, 6.07) is 18.7. The Kier molecular flexibility index (Phi) is 5.12. The predicted molar refractivity (Wildman–Crippen MR) is 132 cm³/mol. The van der Waals surface area contributed by atoms with Crippen molar-refractivity contribution in [3.63, 3.8) is 0 Å². The summed E-state index contributed by atoms with van der Waals surface area (Å²) in [5, 5.41) is 0.566. The van der Waals surface area contributed by atoms with E-state index in [1.54, 1.807) is 41.7 Å². The molecule has 0 bridgehead atoms. The Morgan fingerprint density at radius 2 is 1.66 bits per heavy atom. The van der Waals surface area contributed by atoms with E-state index in [4.69, 9.17) is 0 Å². The lowest BCUT2D eigenvalue weighted by atomic mass is 10.1. The molecule has 1 amide bonds. The molecule has 0 unspecified atom stereocenters. The van der Waals surface area contributed by atoms with Crippen LogP contribution in [0.1, 0.15) is 10.4 Å². The van der Waals surface area contributed by atoms with Crippen molar-refractivity contribution < 1.29 is 13.2 Å². The van der Waals surface area contributed by atoms with E-state index in [0.717, 1.165) is 16.7 Å². The first kappa shape index (κ1) is 21.5. The fraction of sp³-hybridized carbons (Fsp3) is 0.160. The first-order chi connectivity index (χ1) is 17.0. The van der Waals surface area contributed by atoms with Crippen molar-refractivity contribution in [2.45, 2.75) is 4.90 Å². The Bertz CT molecular complexity index is 1650. The Balaban J connectivity index is 1.16. The molecule has 6 rings (SSSR count). The number of piperazine rings is 1. The van der Waals surface area contributed by atoms with Crippen LogP contribution in [0.15, 0.2) is 84.3 Å². The van der Waals surface area contributed by atoms with Crippen molar-refractivity contribution in [2.24, 2.45) is 0 Å². The summed E-state index contributed by atoms with van der Waals surface area (Å²) < 4.78 is 29.8. The number of hydrogen-bond donors (Lipinski definition) is 1. The van der Waals surface area contributed by atoms with Crippen LogP contribution in [0.2, 0.25) is 0 Å². The molecule has 2 aromatic carbocycles. The molecule has 10 heteroatoms. The zero-order valence-corrected chi connectivity index (χ0v) is 19.5. The molecule has 0 radical (unpaired) electrons. The maximum atomic E-state index is 13.2. The number of benzene rings is 2. The van der Waals surface area contributed by atoms with Gasteiger partial charge in [-0.15, -0.1) is 0 Å². The summed E-state index contributed by atoms with van der Waals surface area (Å²) in [4.78, 5) is 26.5. The Morgan fingerprint density at radius 3 is 2.46 bits per heavy atom. The highest BCUT2D eigenvalue weighted by Gasteiger charge is 2.32. The SMILES string of the molecule is O=C(c1ccc(-n2cnc3ccccc32)cc1)N1CCN(S(=O)(=O)c2c[nH]c3ncccc23)CC1. The van der Waals surface area contributed by atoms with Crippen LogP contribution in [0.4, 0.5) is 0 Å². The summed E-state index contributed by atoms with van der Waals surface area (Å²) in [5.41, 5.74) is 3.92. The van der Waals surface area contributed by atoms with Gasteiger partial charge in [0, 0.05) is 55.2 Å². The van der Waals surface area contributed by atoms with Crippen LogP contribution in [0.5, 0.6) is 0 Å². The number of nitrogens with one attached hydrogen (secondary N) is 1. The average Bonchev–Trinajstić information content (AvgIpc) is 3.54. The molecular formula is C25H22N6O3S. The van der Waals surface area contributed by atoms with Crippen LogP contribution in [-0.4, -0.2) is 69.2 Å². The van der Waals surface area contributed by atoms with E-state index >= 15 is 0 Å². The standard InChI is InChI=1S/C25H22N6O3S/c32-25(18-7-9-19(10-8-18)31-17-28-21-5-1-2-6-22(21)31)29-12-14-30(15-13-29)35(33,34)23-16-27-24-20(23)4-3-11-26-24/h1-11,16-17H,12-15H2,(H,26,27). The number of aromatic nitrogens is 4. The van der Waals surface area contributed by atoms with Crippen LogP contribution in [0.3, 0.4) is 0 Å². The summed E-state index contributed by atoms with van der Waals surface area (Å²) >= 11 is 0. The van der Waals surface area contributed by atoms with Crippen LogP contribution in [-0.2, 0) is 10.0 Å². The molecule has 1 saturated heterocycles. The van der Waals surface area contributed by atoms with Crippen molar-refractivity contribution in [3.05, 3.63) is 84.9 Å². The zero-order chi connectivity index (χ0) is 24.0. The molecule has 1 aliphatic rings. The van der Waals surface area contributed by atoms with E-state index in [1.165, 1.54) is 10.5 Å². The van der Waals surface area contributed by atoms with E-state index in [1.807, 2.05) is 41.0 Å². The minimum absolute atomic E-state index is 0.111. The number of rotatable bonds is 4. The van der Waals surface area contributed by atoms with Gasteiger partial charge in [0.15, 0.2) is 0 Å². The number of sulfonamides is 1. The average molecular weight is 487 g/mol. The lowest BCUT2D eigenvalue weighted by molar-refractivity contribution is 0.0698. The number of imidazole rings is 1. The summed E-state index contributed by atoms with van der Waals surface area (Å²) in [6.45, 7) is 1.12. The molecule has 1 fully saturated rings. The quantitative estimate of drug-likeness (QED) is 0.421. The number of carbonyl (C=O) groups is 1. The van der Waals surface area contributed by atoms with Gasteiger partial charge in [0.2, 0.25) is 10.0 Å². The minimum Gasteiger partial charge on any atom is -0.345 e. The third-order valence-corrected chi connectivity index (χ3v) is 8.34. The molecule has 1 N–H and O–H groups in total. The number of para-hydroxylation sites is 2.